The molecule has 4 heteroatoms. The summed E-state index contributed by atoms with van der Waals surface area (Å²) in [5.41, 5.74) is 1.59. The number of pyridine rings is 1. The molecule has 1 N–H and O–H groups in total. The highest BCUT2D eigenvalue weighted by Crippen LogP contribution is 2.26. The fourth-order valence-electron chi connectivity index (χ4n) is 2.97. The molecular weight excluding hydrogens is 292 g/mol. The molecule has 0 bridgehead atoms. The number of nitrogens with zero attached hydrogens (tertiary/aromatic N) is 1. The van der Waals surface area contributed by atoms with Gasteiger partial charge in [0.1, 0.15) is 0 Å². The monoisotopic (exact) mass is 314 g/mol. The number of hydrogen-bond acceptors (Lipinski definition) is 3. The molecule has 1 saturated carbocycles. The molecule has 0 atom stereocenters. The minimum Gasteiger partial charge on any atom is -0.349 e. The molecule has 0 unspecified atom stereocenters. The van der Waals surface area contributed by atoms with E-state index in [1.165, 1.54) is 30.6 Å². The maximum atomic E-state index is 12.5. The number of aromatic nitrogens is 1. The van der Waals surface area contributed by atoms with Crippen molar-refractivity contribution >= 4 is 17.2 Å². The zero-order valence-corrected chi connectivity index (χ0v) is 13.8. The Labute approximate surface area is 135 Å². The Morgan fingerprint density at radius 3 is 2.64 bits per heavy atom. The number of rotatable bonds is 3. The van der Waals surface area contributed by atoms with Gasteiger partial charge in [0.25, 0.3) is 5.91 Å². The van der Waals surface area contributed by atoms with E-state index in [-0.39, 0.29) is 5.91 Å². The lowest BCUT2D eigenvalue weighted by atomic mass is 10.1. The van der Waals surface area contributed by atoms with Crippen LogP contribution in [-0.2, 0) is 0 Å². The molecule has 22 heavy (non-hydrogen) atoms. The minimum absolute atomic E-state index is 0.0313. The van der Waals surface area contributed by atoms with E-state index < -0.39 is 0 Å². The Kier molecular flexibility index (Phi) is 4.88. The number of nitrogens with one attached hydrogen (secondary N) is 1. The van der Waals surface area contributed by atoms with Crippen LogP contribution >= 0.6 is 11.3 Å². The summed E-state index contributed by atoms with van der Waals surface area (Å²) in [6, 6.07) is 8.18. The molecule has 3 nitrogen and oxygen atoms in total. The Morgan fingerprint density at radius 1 is 1.18 bits per heavy atom. The van der Waals surface area contributed by atoms with Crippen molar-refractivity contribution in [1.29, 1.82) is 0 Å². The lowest BCUT2D eigenvalue weighted by Gasteiger charge is -2.16. The molecule has 0 aromatic carbocycles. The summed E-state index contributed by atoms with van der Waals surface area (Å²) in [5, 5.41) is 3.20. The second-order valence-corrected chi connectivity index (χ2v) is 7.29. The van der Waals surface area contributed by atoms with Crippen LogP contribution in [0.15, 0.2) is 30.5 Å². The molecule has 2 aromatic rings. The van der Waals surface area contributed by atoms with E-state index >= 15 is 0 Å². The largest absolute Gasteiger partial charge is 0.349 e. The highest BCUT2D eigenvalue weighted by molar-refractivity contribution is 7.15. The first-order valence-electron chi connectivity index (χ1n) is 8.06. The molecular formula is C18H22N2OS. The van der Waals surface area contributed by atoms with Crippen LogP contribution in [0.3, 0.4) is 0 Å². The molecule has 1 aliphatic rings. The zero-order chi connectivity index (χ0) is 15.4. The number of aryl methyl sites for hydroxylation is 1. The van der Waals surface area contributed by atoms with Crippen molar-refractivity contribution in [2.45, 2.75) is 51.5 Å². The van der Waals surface area contributed by atoms with Gasteiger partial charge in [0.15, 0.2) is 0 Å². The fourth-order valence-corrected chi connectivity index (χ4v) is 3.81. The summed E-state index contributed by atoms with van der Waals surface area (Å²) < 4.78 is 0. The number of thiophene rings is 1. The topological polar surface area (TPSA) is 42.0 Å². The second-order valence-electron chi connectivity index (χ2n) is 6.00. The third-order valence-electron chi connectivity index (χ3n) is 4.21. The van der Waals surface area contributed by atoms with Crippen LogP contribution in [-0.4, -0.2) is 16.9 Å². The van der Waals surface area contributed by atoms with Crippen LogP contribution in [0.25, 0.3) is 10.6 Å². The van der Waals surface area contributed by atoms with E-state index in [0.29, 0.717) is 11.6 Å². The smallest absolute Gasteiger partial charge is 0.251 e. The van der Waals surface area contributed by atoms with Gasteiger partial charge in [0.2, 0.25) is 0 Å². The van der Waals surface area contributed by atoms with E-state index in [9.17, 15) is 4.79 Å². The molecule has 1 fully saturated rings. The summed E-state index contributed by atoms with van der Waals surface area (Å²) in [6.45, 7) is 2.08. The van der Waals surface area contributed by atoms with Crippen molar-refractivity contribution in [3.8, 4) is 10.6 Å². The maximum absolute atomic E-state index is 12.5. The van der Waals surface area contributed by atoms with Gasteiger partial charge in [-0.25, -0.2) is 0 Å². The first kappa shape index (κ1) is 15.2. The molecule has 116 valence electrons. The third-order valence-corrected chi connectivity index (χ3v) is 5.23. The summed E-state index contributed by atoms with van der Waals surface area (Å²) in [4.78, 5) is 19.2. The first-order valence-corrected chi connectivity index (χ1v) is 8.88. The van der Waals surface area contributed by atoms with Gasteiger partial charge in [-0.05, 0) is 44.0 Å². The van der Waals surface area contributed by atoms with Gasteiger partial charge in [-0.1, -0.05) is 25.7 Å². The van der Waals surface area contributed by atoms with Crippen molar-refractivity contribution in [2.24, 2.45) is 0 Å². The van der Waals surface area contributed by atoms with Crippen molar-refractivity contribution in [3.63, 3.8) is 0 Å². The van der Waals surface area contributed by atoms with Crippen LogP contribution in [0.2, 0.25) is 0 Å². The van der Waals surface area contributed by atoms with Crippen LogP contribution in [0.4, 0.5) is 0 Å². The predicted octanol–water partition coefficient (Wildman–Crippen LogP) is 4.57. The Balaban J connectivity index is 1.72. The maximum Gasteiger partial charge on any atom is 0.251 e. The van der Waals surface area contributed by atoms with Gasteiger partial charge in [-0.15, -0.1) is 11.3 Å². The normalized spacial score (nSPS) is 16.2. The predicted molar refractivity (Wildman–Crippen MR) is 91.2 cm³/mol. The summed E-state index contributed by atoms with van der Waals surface area (Å²) in [6.07, 6.45) is 8.98. The highest BCUT2D eigenvalue weighted by atomic mass is 32.1. The molecule has 0 spiro atoms. The molecule has 0 aliphatic heterocycles. The van der Waals surface area contributed by atoms with Gasteiger partial charge >= 0.3 is 0 Å². The average molecular weight is 314 g/mol. The number of hydrogen-bond donors (Lipinski definition) is 1. The second kappa shape index (κ2) is 7.05. The van der Waals surface area contributed by atoms with Crippen molar-refractivity contribution in [1.82, 2.24) is 10.3 Å². The lowest BCUT2D eigenvalue weighted by molar-refractivity contribution is 0.0933. The molecule has 1 aliphatic carbocycles. The van der Waals surface area contributed by atoms with Crippen molar-refractivity contribution in [2.75, 3.05) is 0 Å². The van der Waals surface area contributed by atoms with E-state index in [1.807, 2.05) is 6.07 Å². The quantitative estimate of drug-likeness (QED) is 0.843. The van der Waals surface area contributed by atoms with Gasteiger partial charge in [0.05, 0.1) is 10.6 Å². The number of amides is 1. The van der Waals surface area contributed by atoms with Gasteiger partial charge < -0.3 is 5.32 Å². The highest BCUT2D eigenvalue weighted by Gasteiger charge is 2.16. The molecule has 3 rings (SSSR count). The first-order chi connectivity index (χ1) is 10.7. The summed E-state index contributed by atoms with van der Waals surface area (Å²) >= 11 is 1.71. The Hall–Kier alpha value is -1.68. The Morgan fingerprint density at radius 2 is 1.95 bits per heavy atom. The van der Waals surface area contributed by atoms with Crippen LogP contribution < -0.4 is 5.32 Å². The number of carbonyl (C=O) groups is 1. The molecule has 1 amide bonds. The van der Waals surface area contributed by atoms with Crippen molar-refractivity contribution < 1.29 is 4.79 Å². The van der Waals surface area contributed by atoms with Gasteiger partial charge in [0, 0.05) is 22.7 Å². The van der Waals surface area contributed by atoms with Crippen LogP contribution in [0.5, 0.6) is 0 Å². The fraction of sp³-hybridized carbons (Fsp3) is 0.444. The summed E-state index contributed by atoms with van der Waals surface area (Å²) in [5.74, 6) is 0.0313. The van der Waals surface area contributed by atoms with Gasteiger partial charge in [-0.3, -0.25) is 9.78 Å². The van der Waals surface area contributed by atoms with E-state index in [4.69, 9.17) is 0 Å². The van der Waals surface area contributed by atoms with Gasteiger partial charge in [-0.2, -0.15) is 0 Å². The number of carbonyl (C=O) groups excluding carboxylic acids is 1. The molecule has 2 aromatic heterocycles. The Bertz CT molecular complexity index is 642. The standard InChI is InChI=1S/C18H22N2OS/c1-13-8-9-17(22-13)16-12-14(10-11-19-16)18(21)20-15-6-4-2-3-5-7-15/h8-12,15H,2-7H2,1H3,(H,20,21). The molecule has 2 heterocycles. The van der Waals surface area contributed by atoms with E-state index in [0.717, 1.165) is 23.4 Å². The van der Waals surface area contributed by atoms with Crippen molar-refractivity contribution in [3.05, 3.63) is 40.9 Å². The minimum atomic E-state index is 0.0313. The van der Waals surface area contributed by atoms with E-state index in [2.05, 4.69) is 29.4 Å². The third kappa shape index (κ3) is 3.74. The van der Waals surface area contributed by atoms with Crippen LogP contribution in [0.1, 0.15) is 53.8 Å². The lowest BCUT2D eigenvalue weighted by Crippen LogP contribution is -2.34. The molecule has 0 radical (unpaired) electrons. The average Bonchev–Trinajstić information content (AvgIpc) is 2.80. The SMILES string of the molecule is Cc1ccc(-c2cc(C(=O)NC3CCCCCC3)ccn2)s1. The summed E-state index contributed by atoms with van der Waals surface area (Å²) in [7, 11) is 0. The van der Waals surface area contributed by atoms with E-state index in [1.54, 1.807) is 23.6 Å². The molecule has 0 saturated heterocycles. The zero-order valence-electron chi connectivity index (χ0n) is 13.0. The van der Waals surface area contributed by atoms with Crippen LogP contribution in [0, 0.1) is 6.92 Å².